The van der Waals surface area contributed by atoms with Gasteiger partial charge in [0.15, 0.2) is 0 Å². The van der Waals surface area contributed by atoms with Crippen LogP contribution in [-0.4, -0.2) is 56.8 Å². The van der Waals surface area contributed by atoms with E-state index in [1.165, 1.54) is 16.4 Å². The molecule has 1 heterocycles. The number of anilines is 1. The third kappa shape index (κ3) is 4.12. The van der Waals surface area contributed by atoms with Crippen molar-refractivity contribution in [3.8, 4) is 0 Å². The molecule has 2 aromatic rings. The van der Waals surface area contributed by atoms with Crippen LogP contribution >= 0.6 is 0 Å². The van der Waals surface area contributed by atoms with Gasteiger partial charge in [-0.3, -0.25) is 4.79 Å². The smallest absolute Gasteiger partial charge is 0.255 e. The number of nitrogens with zero attached hydrogens (tertiary/aromatic N) is 2. The Morgan fingerprint density at radius 2 is 1.69 bits per heavy atom. The monoisotopic (exact) mass is 373 g/mol. The molecule has 0 bridgehead atoms. The normalized spacial score (nSPS) is 16.4. The Kier molecular flexibility index (Phi) is 5.41. The van der Waals surface area contributed by atoms with Crippen molar-refractivity contribution >= 4 is 21.6 Å². The van der Waals surface area contributed by atoms with Crippen LogP contribution in [0.1, 0.15) is 15.9 Å². The van der Waals surface area contributed by atoms with Crippen molar-refractivity contribution in [2.75, 3.05) is 38.5 Å². The van der Waals surface area contributed by atoms with Gasteiger partial charge in [-0.25, -0.2) is 8.42 Å². The van der Waals surface area contributed by atoms with E-state index in [0.29, 0.717) is 37.4 Å². The number of hydrogen-bond donors (Lipinski definition) is 1. The molecule has 2 aromatic carbocycles. The topological polar surface area (TPSA) is 69.7 Å². The van der Waals surface area contributed by atoms with Gasteiger partial charge >= 0.3 is 0 Å². The lowest BCUT2D eigenvalue weighted by Gasteiger charge is -2.31. The van der Waals surface area contributed by atoms with Gasteiger partial charge in [0.25, 0.3) is 5.91 Å². The molecule has 1 saturated heterocycles. The van der Waals surface area contributed by atoms with E-state index < -0.39 is 10.0 Å². The first-order valence-corrected chi connectivity index (χ1v) is 9.97. The van der Waals surface area contributed by atoms with Crippen molar-refractivity contribution in [3.05, 3.63) is 59.7 Å². The molecular weight excluding hydrogens is 350 g/mol. The minimum absolute atomic E-state index is 0.152. The SMILES string of the molecule is Cc1cccc(NC(=O)c2cccc(S(=O)(=O)N3CCN(C)CC3)c2)c1. The summed E-state index contributed by atoms with van der Waals surface area (Å²) < 4.78 is 27.2. The van der Waals surface area contributed by atoms with Crippen molar-refractivity contribution in [2.45, 2.75) is 11.8 Å². The predicted molar refractivity (Wildman–Crippen MR) is 102 cm³/mol. The molecular formula is C19H23N3O3S. The third-order valence-corrected chi connectivity index (χ3v) is 6.37. The summed E-state index contributed by atoms with van der Waals surface area (Å²) in [6, 6.07) is 13.7. The van der Waals surface area contributed by atoms with Crippen molar-refractivity contribution in [3.63, 3.8) is 0 Å². The first-order chi connectivity index (χ1) is 12.4. The van der Waals surface area contributed by atoms with Gasteiger partial charge in [-0.15, -0.1) is 0 Å². The summed E-state index contributed by atoms with van der Waals surface area (Å²) in [5.41, 5.74) is 2.04. The first-order valence-electron chi connectivity index (χ1n) is 8.53. The maximum Gasteiger partial charge on any atom is 0.255 e. The van der Waals surface area contributed by atoms with E-state index in [0.717, 1.165) is 5.56 Å². The lowest BCUT2D eigenvalue weighted by atomic mass is 10.2. The highest BCUT2D eigenvalue weighted by molar-refractivity contribution is 7.89. The standard InChI is InChI=1S/C19H23N3O3S/c1-15-5-3-7-17(13-15)20-19(23)16-6-4-8-18(14-16)26(24,25)22-11-9-21(2)10-12-22/h3-8,13-14H,9-12H2,1-2H3,(H,20,23). The van der Waals surface area contributed by atoms with Crippen LogP contribution in [0, 0.1) is 6.92 Å². The summed E-state index contributed by atoms with van der Waals surface area (Å²) >= 11 is 0. The van der Waals surface area contributed by atoms with E-state index in [2.05, 4.69) is 10.2 Å². The lowest BCUT2D eigenvalue weighted by Crippen LogP contribution is -2.47. The average molecular weight is 373 g/mol. The Balaban J connectivity index is 1.80. The van der Waals surface area contributed by atoms with Gasteiger partial charge in [-0.1, -0.05) is 18.2 Å². The number of rotatable bonds is 4. The molecule has 0 atom stereocenters. The van der Waals surface area contributed by atoms with Crippen LogP contribution in [0.2, 0.25) is 0 Å². The molecule has 0 spiro atoms. The highest BCUT2D eigenvalue weighted by Gasteiger charge is 2.27. The zero-order valence-corrected chi connectivity index (χ0v) is 15.8. The van der Waals surface area contributed by atoms with Gasteiger partial charge in [0.2, 0.25) is 10.0 Å². The van der Waals surface area contributed by atoms with E-state index in [-0.39, 0.29) is 10.8 Å². The van der Waals surface area contributed by atoms with Gasteiger partial charge < -0.3 is 10.2 Å². The molecule has 1 N–H and O–H groups in total. The summed E-state index contributed by atoms with van der Waals surface area (Å²) in [6.07, 6.45) is 0. The van der Waals surface area contributed by atoms with E-state index >= 15 is 0 Å². The Labute approximate surface area is 154 Å². The largest absolute Gasteiger partial charge is 0.322 e. The molecule has 1 aliphatic rings. The second-order valence-electron chi connectivity index (χ2n) is 6.56. The molecule has 0 unspecified atom stereocenters. The number of piperazine rings is 1. The Hall–Kier alpha value is -2.22. The fourth-order valence-electron chi connectivity index (χ4n) is 2.90. The Morgan fingerprint density at radius 1 is 1.00 bits per heavy atom. The molecule has 0 aromatic heterocycles. The molecule has 1 fully saturated rings. The number of nitrogens with one attached hydrogen (secondary N) is 1. The molecule has 0 aliphatic carbocycles. The van der Waals surface area contributed by atoms with Crippen LogP contribution in [0.15, 0.2) is 53.4 Å². The van der Waals surface area contributed by atoms with Crippen LogP contribution in [-0.2, 0) is 10.0 Å². The van der Waals surface area contributed by atoms with E-state index in [1.54, 1.807) is 18.2 Å². The highest BCUT2D eigenvalue weighted by atomic mass is 32.2. The lowest BCUT2D eigenvalue weighted by molar-refractivity contribution is 0.102. The number of sulfonamides is 1. The average Bonchev–Trinajstić information content (AvgIpc) is 2.62. The number of carbonyl (C=O) groups excluding carboxylic acids is 1. The molecule has 3 rings (SSSR count). The quantitative estimate of drug-likeness (QED) is 0.892. The molecule has 6 nitrogen and oxygen atoms in total. The van der Waals surface area contributed by atoms with Crippen LogP contribution in [0.3, 0.4) is 0 Å². The van der Waals surface area contributed by atoms with Crippen LogP contribution in [0.4, 0.5) is 5.69 Å². The van der Waals surface area contributed by atoms with Crippen molar-refractivity contribution < 1.29 is 13.2 Å². The maximum atomic E-state index is 12.8. The summed E-state index contributed by atoms with van der Waals surface area (Å²) in [6.45, 7) is 4.26. The maximum absolute atomic E-state index is 12.8. The number of amides is 1. The molecule has 138 valence electrons. The molecule has 7 heteroatoms. The fourth-order valence-corrected chi connectivity index (χ4v) is 4.37. The summed E-state index contributed by atoms with van der Waals surface area (Å²) in [5, 5.41) is 2.81. The summed E-state index contributed by atoms with van der Waals surface area (Å²) in [4.78, 5) is 14.7. The molecule has 1 aliphatic heterocycles. The molecule has 0 radical (unpaired) electrons. The van der Waals surface area contributed by atoms with Crippen LogP contribution in [0.25, 0.3) is 0 Å². The Bertz CT molecular complexity index is 904. The molecule has 1 amide bonds. The van der Waals surface area contributed by atoms with Gasteiger partial charge in [-0.2, -0.15) is 4.31 Å². The first kappa shape index (κ1) is 18.6. The van der Waals surface area contributed by atoms with Crippen LogP contribution in [0.5, 0.6) is 0 Å². The summed E-state index contributed by atoms with van der Waals surface area (Å²) in [7, 11) is -1.62. The third-order valence-electron chi connectivity index (χ3n) is 4.47. The van der Waals surface area contributed by atoms with Gasteiger partial charge in [-0.05, 0) is 49.9 Å². The number of benzene rings is 2. The number of likely N-dealkylation sites (N-methyl/N-ethyl adjacent to an activating group) is 1. The number of carbonyl (C=O) groups is 1. The summed E-state index contributed by atoms with van der Waals surface area (Å²) in [5.74, 6) is -0.328. The minimum atomic E-state index is -3.59. The van der Waals surface area contributed by atoms with Crippen molar-refractivity contribution in [2.24, 2.45) is 0 Å². The van der Waals surface area contributed by atoms with E-state index in [9.17, 15) is 13.2 Å². The minimum Gasteiger partial charge on any atom is -0.322 e. The van der Waals surface area contributed by atoms with E-state index in [1.807, 2.05) is 32.2 Å². The predicted octanol–water partition coefficient (Wildman–Crippen LogP) is 2.18. The zero-order valence-electron chi connectivity index (χ0n) is 15.0. The molecule has 26 heavy (non-hydrogen) atoms. The van der Waals surface area contributed by atoms with Gasteiger partial charge in [0, 0.05) is 37.4 Å². The second kappa shape index (κ2) is 7.57. The second-order valence-corrected chi connectivity index (χ2v) is 8.50. The number of aryl methyl sites for hydroxylation is 1. The van der Waals surface area contributed by atoms with E-state index in [4.69, 9.17) is 0 Å². The fraction of sp³-hybridized carbons (Fsp3) is 0.316. The van der Waals surface area contributed by atoms with Crippen molar-refractivity contribution in [1.82, 2.24) is 9.21 Å². The number of hydrogen-bond acceptors (Lipinski definition) is 4. The van der Waals surface area contributed by atoms with Gasteiger partial charge in [0.05, 0.1) is 4.90 Å². The van der Waals surface area contributed by atoms with Crippen molar-refractivity contribution in [1.29, 1.82) is 0 Å². The van der Waals surface area contributed by atoms with Gasteiger partial charge in [0.1, 0.15) is 0 Å². The highest BCUT2D eigenvalue weighted by Crippen LogP contribution is 2.19. The Morgan fingerprint density at radius 3 is 2.38 bits per heavy atom. The molecule has 0 saturated carbocycles. The van der Waals surface area contributed by atoms with Crippen LogP contribution < -0.4 is 5.32 Å². The zero-order chi connectivity index (χ0) is 18.7.